The Bertz CT molecular complexity index is 795. The second kappa shape index (κ2) is 8.71. The first-order chi connectivity index (χ1) is 13.0. The number of nitrogens with zero attached hydrogens (tertiary/aromatic N) is 2. The molecule has 1 fully saturated rings. The Balaban J connectivity index is 1.59. The Morgan fingerprint density at radius 2 is 1.70 bits per heavy atom. The molecular formula is C22H27N3O2. The van der Waals surface area contributed by atoms with Gasteiger partial charge in [0.25, 0.3) is 0 Å². The summed E-state index contributed by atoms with van der Waals surface area (Å²) in [6.07, 6.45) is 2.47. The molecule has 2 amide bonds. The summed E-state index contributed by atoms with van der Waals surface area (Å²) in [7, 11) is 0. The van der Waals surface area contributed by atoms with Crippen LogP contribution in [0.3, 0.4) is 0 Å². The molecule has 1 aliphatic rings. The van der Waals surface area contributed by atoms with Crippen molar-refractivity contribution in [2.75, 3.05) is 29.9 Å². The quantitative estimate of drug-likeness (QED) is 0.851. The van der Waals surface area contributed by atoms with E-state index in [1.54, 1.807) is 4.90 Å². The first-order valence-corrected chi connectivity index (χ1v) is 9.48. The molecule has 0 aliphatic carbocycles. The molecule has 1 aliphatic heterocycles. The number of nitrogens with one attached hydrogen (secondary N) is 1. The minimum Gasteiger partial charge on any atom is -0.372 e. The molecule has 1 heterocycles. The second-order valence-corrected chi connectivity index (χ2v) is 7.09. The molecule has 0 bridgehead atoms. The van der Waals surface area contributed by atoms with Crippen LogP contribution in [-0.2, 0) is 16.1 Å². The molecule has 5 nitrogen and oxygen atoms in total. The first kappa shape index (κ1) is 19.0. The van der Waals surface area contributed by atoms with Gasteiger partial charge < -0.3 is 15.1 Å². The fraction of sp³-hybridized carbons (Fsp3) is 0.364. The van der Waals surface area contributed by atoms with Crippen molar-refractivity contribution in [1.82, 2.24) is 4.90 Å². The SMILES string of the molecule is CC(=O)N(CC(=O)Nc1ccc(N2CCCC2)cc1)Cc1ccccc1C. The third kappa shape index (κ3) is 5.09. The minimum absolute atomic E-state index is 0.0392. The van der Waals surface area contributed by atoms with E-state index in [4.69, 9.17) is 0 Å². The monoisotopic (exact) mass is 365 g/mol. The summed E-state index contributed by atoms with van der Waals surface area (Å²) in [5.41, 5.74) is 4.11. The van der Waals surface area contributed by atoms with Crippen LogP contribution in [0.1, 0.15) is 30.9 Å². The fourth-order valence-electron chi connectivity index (χ4n) is 3.38. The van der Waals surface area contributed by atoms with Crippen molar-refractivity contribution in [3.63, 3.8) is 0 Å². The number of carbonyl (C=O) groups excluding carboxylic acids is 2. The van der Waals surface area contributed by atoms with E-state index in [0.29, 0.717) is 6.54 Å². The standard InChI is InChI=1S/C22H27N3O2/c1-17-7-3-4-8-19(17)15-25(18(2)26)16-22(27)23-20-9-11-21(12-10-20)24-13-5-6-14-24/h3-4,7-12H,5-6,13-16H2,1-2H3,(H,23,27). The van der Waals surface area contributed by atoms with Crippen LogP contribution in [0.5, 0.6) is 0 Å². The minimum atomic E-state index is -0.187. The smallest absolute Gasteiger partial charge is 0.244 e. The van der Waals surface area contributed by atoms with Crippen LogP contribution in [0.4, 0.5) is 11.4 Å². The van der Waals surface area contributed by atoms with Gasteiger partial charge in [0.15, 0.2) is 0 Å². The zero-order valence-electron chi connectivity index (χ0n) is 16.1. The van der Waals surface area contributed by atoms with Gasteiger partial charge in [0.1, 0.15) is 6.54 Å². The number of hydrogen-bond donors (Lipinski definition) is 1. The lowest BCUT2D eigenvalue weighted by Gasteiger charge is -2.22. The van der Waals surface area contributed by atoms with Gasteiger partial charge in [-0.25, -0.2) is 0 Å². The summed E-state index contributed by atoms with van der Waals surface area (Å²) in [5.74, 6) is -0.300. The van der Waals surface area contributed by atoms with Crippen LogP contribution < -0.4 is 10.2 Å². The lowest BCUT2D eigenvalue weighted by atomic mass is 10.1. The van der Waals surface area contributed by atoms with Gasteiger partial charge >= 0.3 is 0 Å². The predicted molar refractivity (Wildman–Crippen MR) is 109 cm³/mol. The summed E-state index contributed by atoms with van der Waals surface area (Å²) in [4.78, 5) is 28.3. The maximum absolute atomic E-state index is 12.4. The Morgan fingerprint density at radius 1 is 1.04 bits per heavy atom. The summed E-state index contributed by atoms with van der Waals surface area (Å²) in [6, 6.07) is 15.8. The maximum atomic E-state index is 12.4. The molecule has 0 atom stereocenters. The Hall–Kier alpha value is -2.82. The highest BCUT2D eigenvalue weighted by Crippen LogP contribution is 2.22. The normalized spacial score (nSPS) is 13.5. The largest absolute Gasteiger partial charge is 0.372 e. The van der Waals surface area contributed by atoms with Gasteiger partial charge in [0, 0.05) is 37.9 Å². The van der Waals surface area contributed by atoms with Crippen molar-refractivity contribution in [2.24, 2.45) is 0 Å². The molecule has 2 aromatic rings. The number of aryl methyl sites for hydroxylation is 1. The van der Waals surface area contributed by atoms with Gasteiger partial charge in [-0.05, 0) is 55.2 Å². The number of hydrogen-bond acceptors (Lipinski definition) is 3. The van der Waals surface area contributed by atoms with E-state index >= 15 is 0 Å². The van der Waals surface area contributed by atoms with Crippen molar-refractivity contribution < 1.29 is 9.59 Å². The number of carbonyl (C=O) groups is 2. The van der Waals surface area contributed by atoms with Crippen LogP contribution in [0, 0.1) is 6.92 Å². The summed E-state index contributed by atoms with van der Waals surface area (Å²) < 4.78 is 0. The molecule has 3 rings (SSSR count). The molecule has 0 spiro atoms. The average molecular weight is 365 g/mol. The van der Waals surface area contributed by atoms with Gasteiger partial charge in [-0.1, -0.05) is 24.3 Å². The van der Waals surface area contributed by atoms with Gasteiger partial charge in [-0.15, -0.1) is 0 Å². The van der Waals surface area contributed by atoms with Crippen LogP contribution in [0.15, 0.2) is 48.5 Å². The molecule has 142 valence electrons. The first-order valence-electron chi connectivity index (χ1n) is 9.48. The van der Waals surface area contributed by atoms with E-state index in [0.717, 1.165) is 29.9 Å². The van der Waals surface area contributed by atoms with Crippen molar-refractivity contribution in [2.45, 2.75) is 33.2 Å². The summed E-state index contributed by atoms with van der Waals surface area (Å²) in [5, 5.41) is 2.89. The lowest BCUT2D eigenvalue weighted by Crippen LogP contribution is -2.36. The maximum Gasteiger partial charge on any atom is 0.244 e. The van der Waals surface area contributed by atoms with Crippen LogP contribution in [-0.4, -0.2) is 36.3 Å². The highest BCUT2D eigenvalue weighted by atomic mass is 16.2. The van der Waals surface area contributed by atoms with E-state index in [2.05, 4.69) is 10.2 Å². The Kier molecular flexibility index (Phi) is 6.12. The van der Waals surface area contributed by atoms with Gasteiger partial charge in [0.2, 0.25) is 11.8 Å². The Morgan fingerprint density at radius 3 is 2.33 bits per heavy atom. The Labute approximate surface area is 161 Å². The molecule has 1 N–H and O–H groups in total. The van der Waals surface area contributed by atoms with Crippen LogP contribution in [0.25, 0.3) is 0 Å². The fourth-order valence-corrected chi connectivity index (χ4v) is 3.38. The third-order valence-corrected chi connectivity index (χ3v) is 5.02. The van der Waals surface area contributed by atoms with Crippen LogP contribution >= 0.6 is 0 Å². The number of amides is 2. The summed E-state index contributed by atoms with van der Waals surface area (Å²) >= 11 is 0. The van der Waals surface area contributed by atoms with E-state index in [9.17, 15) is 9.59 Å². The highest BCUT2D eigenvalue weighted by Gasteiger charge is 2.16. The molecule has 0 radical (unpaired) electrons. The molecular weight excluding hydrogens is 338 g/mol. The number of anilines is 2. The van der Waals surface area contributed by atoms with Crippen molar-refractivity contribution in [1.29, 1.82) is 0 Å². The topological polar surface area (TPSA) is 52.7 Å². The number of rotatable bonds is 6. The van der Waals surface area contributed by atoms with Crippen LogP contribution in [0.2, 0.25) is 0 Å². The third-order valence-electron chi connectivity index (χ3n) is 5.02. The van der Waals surface area contributed by atoms with Gasteiger partial charge in [-0.3, -0.25) is 9.59 Å². The zero-order chi connectivity index (χ0) is 19.2. The van der Waals surface area contributed by atoms with E-state index in [-0.39, 0.29) is 18.4 Å². The predicted octanol–water partition coefficient (Wildman–Crippen LogP) is 3.58. The molecule has 27 heavy (non-hydrogen) atoms. The lowest BCUT2D eigenvalue weighted by molar-refractivity contribution is -0.133. The molecule has 1 saturated heterocycles. The van der Waals surface area contributed by atoms with Crippen molar-refractivity contribution in [3.05, 3.63) is 59.7 Å². The molecule has 2 aromatic carbocycles. The van der Waals surface area contributed by atoms with Gasteiger partial charge in [-0.2, -0.15) is 0 Å². The van der Waals surface area contributed by atoms with E-state index < -0.39 is 0 Å². The van der Waals surface area contributed by atoms with E-state index in [1.165, 1.54) is 25.5 Å². The van der Waals surface area contributed by atoms with Crippen molar-refractivity contribution in [3.8, 4) is 0 Å². The van der Waals surface area contributed by atoms with Gasteiger partial charge in [0.05, 0.1) is 0 Å². The highest BCUT2D eigenvalue weighted by molar-refractivity contribution is 5.94. The van der Waals surface area contributed by atoms with Crippen molar-refractivity contribution >= 4 is 23.2 Å². The molecule has 0 unspecified atom stereocenters. The second-order valence-electron chi connectivity index (χ2n) is 7.09. The molecule has 5 heteroatoms. The molecule has 0 aromatic heterocycles. The zero-order valence-corrected chi connectivity index (χ0v) is 16.1. The van der Waals surface area contributed by atoms with E-state index in [1.807, 2.05) is 55.5 Å². The average Bonchev–Trinajstić information content (AvgIpc) is 3.18. The molecule has 0 saturated carbocycles. The summed E-state index contributed by atoms with van der Waals surface area (Å²) in [6.45, 7) is 6.17. The number of benzene rings is 2.